The van der Waals surface area contributed by atoms with Crippen molar-refractivity contribution in [3.63, 3.8) is 0 Å². The minimum absolute atomic E-state index is 0.142. The molecule has 0 saturated heterocycles. The average Bonchev–Trinajstić information content (AvgIpc) is 3.33. The quantitative estimate of drug-likeness (QED) is 0.524. The van der Waals surface area contributed by atoms with Crippen LogP contribution in [0.1, 0.15) is 5.56 Å². The van der Waals surface area contributed by atoms with Crippen LogP contribution in [0, 0.1) is 11.6 Å². The third kappa shape index (κ3) is 2.50. The van der Waals surface area contributed by atoms with E-state index in [0.29, 0.717) is 16.9 Å². The zero-order chi connectivity index (χ0) is 19.3. The largest absolute Gasteiger partial charge is 0.319 e. The van der Waals surface area contributed by atoms with Crippen molar-refractivity contribution >= 4 is 21.9 Å². The Bertz CT molecular complexity index is 1390. The van der Waals surface area contributed by atoms with E-state index in [1.807, 2.05) is 28.8 Å². The van der Waals surface area contributed by atoms with Gasteiger partial charge in [-0.15, -0.1) is 0 Å². The monoisotopic (exact) mass is 377 g/mol. The summed E-state index contributed by atoms with van der Waals surface area (Å²) in [6, 6.07) is 11.5. The first-order valence-corrected chi connectivity index (χ1v) is 8.55. The Morgan fingerprint density at radius 3 is 2.79 bits per heavy atom. The van der Waals surface area contributed by atoms with Crippen molar-refractivity contribution in [3.05, 3.63) is 88.7 Å². The van der Waals surface area contributed by atoms with Gasteiger partial charge in [0.2, 0.25) is 11.5 Å². The molecule has 138 valence electrons. The second kappa shape index (κ2) is 6.12. The summed E-state index contributed by atoms with van der Waals surface area (Å²) in [5.74, 6) is -1.47. The molecule has 0 radical (unpaired) electrons. The van der Waals surface area contributed by atoms with Crippen LogP contribution in [0.4, 0.5) is 8.78 Å². The highest BCUT2D eigenvalue weighted by Crippen LogP contribution is 2.25. The Balaban J connectivity index is 1.77. The van der Waals surface area contributed by atoms with Gasteiger partial charge in [-0.1, -0.05) is 12.1 Å². The molecule has 5 aromatic rings. The maximum atomic E-state index is 14.2. The summed E-state index contributed by atoms with van der Waals surface area (Å²) in [6.07, 6.45) is 5.04. The molecule has 0 saturated carbocycles. The van der Waals surface area contributed by atoms with Gasteiger partial charge in [0.1, 0.15) is 6.33 Å². The number of hydrogen-bond acceptors (Lipinski definition) is 3. The van der Waals surface area contributed by atoms with Crippen LogP contribution < -0.4 is 5.56 Å². The Kier molecular flexibility index (Phi) is 3.58. The second-order valence-electron chi connectivity index (χ2n) is 6.40. The average molecular weight is 377 g/mol. The molecule has 8 heteroatoms. The zero-order valence-corrected chi connectivity index (χ0v) is 14.4. The van der Waals surface area contributed by atoms with Crippen molar-refractivity contribution in [2.24, 2.45) is 0 Å². The predicted octanol–water partition coefficient (Wildman–Crippen LogP) is 3.39. The number of aromatic amines is 1. The number of pyridine rings is 1. The van der Waals surface area contributed by atoms with Gasteiger partial charge in [0, 0.05) is 23.8 Å². The molecule has 0 amide bonds. The smallest absolute Gasteiger partial charge is 0.248 e. The molecule has 0 bridgehead atoms. The van der Waals surface area contributed by atoms with Crippen LogP contribution in [0.5, 0.6) is 0 Å². The van der Waals surface area contributed by atoms with E-state index in [-0.39, 0.29) is 12.1 Å². The maximum Gasteiger partial charge on any atom is 0.248 e. The van der Waals surface area contributed by atoms with Crippen LogP contribution in [-0.2, 0) is 6.54 Å². The number of halogens is 2. The highest BCUT2D eigenvalue weighted by Gasteiger charge is 2.16. The first-order chi connectivity index (χ1) is 13.6. The molecule has 1 N–H and O–H groups in total. The van der Waals surface area contributed by atoms with Crippen LogP contribution in [0.25, 0.3) is 27.9 Å². The molecular weight excluding hydrogens is 364 g/mol. The van der Waals surface area contributed by atoms with E-state index in [1.165, 1.54) is 12.1 Å². The van der Waals surface area contributed by atoms with E-state index in [2.05, 4.69) is 15.0 Å². The fraction of sp³-hybridized carbons (Fsp3) is 0.0500. The van der Waals surface area contributed by atoms with Crippen molar-refractivity contribution < 1.29 is 8.78 Å². The highest BCUT2D eigenvalue weighted by molar-refractivity contribution is 5.83. The van der Waals surface area contributed by atoms with Gasteiger partial charge >= 0.3 is 0 Å². The molecule has 3 aromatic heterocycles. The summed E-state index contributed by atoms with van der Waals surface area (Å²) in [4.78, 5) is 23.2. The van der Waals surface area contributed by atoms with Crippen LogP contribution >= 0.6 is 0 Å². The van der Waals surface area contributed by atoms with Gasteiger partial charge in [-0.05, 0) is 29.8 Å². The molecule has 0 aliphatic rings. The number of para-hydroxylation sites is 2. The number of aromatic nitrogens is 5. The minimum Gasteiger partial charge on any atom is -0.319 e. The number of H-pyrrole nitrogens is 1. The Labute approximate surface area is 156 Å². The Hall–Kier alpha value is -3.81. The molecule has 2 aromatic carbocycles. The molecule has 0 aliphatic carbocycles. The summed E-state index contributed by atoms with van der Waals surface area (Å²) in [7, 11) is 0. The molecule has 0 aliphatic heterocycles. The van der Waals surface area contributed by atoms with Crippen molar-refractivity contribution in [2.45, 2.75) is 6.54 Å². The van der Waals surface area contributed by atoms with E-state index < -0.39 is 17.2 Å². The van der Waals surface area contributed by atoms with Gasteiger partial charge in [0.25, 0.3) is 0 Å². The number of hydrogen-bond donors (Lipinski definition) is 1. The summed E-state index contributed by atoms with van der Waals surface area (Å²) >= 11 is 0. The van der Waals surface area contributed by atoms with Crippen molar-refractivity contribution in [2.75, 3.05) is 0 Å². The van der Waals surface area contributed by atoms with E-state index in [4.69, 9.17) is 0 Å². The van der Waals surface area contributed by atoms with E-state index in [0.717, 1.165) is 17.1 Å². The summed E-state index contributed by atoms with van der Waals surface area (Å²) in [6.45, 7) is 0.250. The van der Waals surface area contributed by atoms with Gasteiger partial charge in [-0.25, -0.2) is 18.7 Å². The number of benzene rings is 2. The molecule has 28 heavy (non-hydrogen) atoms. The van der Waals surface area contributed by atoms with Crippen molar-refractivity contribution in [3.8, 4) is 5.95 Å². The molecule has 6 nitrogen and oxygen atoms in total. The summed E-state index contributed by atoms with van der Waals surface area (Å²) < 4.78 is 31.5. The number of fused-ring (bicyclic) bond motifs is 2. The second-order valence-corrected chi connectivity index (χ2v) is 6.40. The standard InChI is InChI=1S/C20H13F2N5O/c21-14-6-5-13-12(9-17(28)25-19(13)18(14)22)10-27-16-4-2-1-3-15(16)24-20(27)26-8-7-23-11-26/h1-9,11H,10H2,(H,25,28). The van der Waals surface area contributed by atoms with Crippen molar-refractivity contribution in [1.29, 1.82) is 0 Å². The van der Waals surface area contributed by atoms with Crippen LogP contribution in [0.3, 0.4) is 0 Å². The van der Waals surface area contributed by atoms with Gasteiger partial charge in [-0.2, -0.15) is 0 Å². The third-order valence-corrected chi connectivity index (χ3v) is 4.69. The maximum absolute atomic E-state index is 14.2. The zero-order valence-electron chi connectivity index (χ0n) is 14.4. The van der Waals surface area contributed by atoms with Gasteiger partial charge in [0.15, 0.2) is 11.6 Å². The first kappa shape index (κ1) is 16.4. The van der Waals surface area contributed by atoms with Crippen LogP contribution in [0.15, 0.2) is 66.0 Å². The number of imidazole rings is 2. The fourth-order valence-electron chi connectivity index (χ4n) is 3.43. The molecule has 0 spiro atoms. The van der Waals surface area contributed by atoms with Crippen molar-refractivity contribution in [1.82, 2.24) is 24.1 Å². The molecular formula is C20H13F2N5O. The highest BCUT2D eigenvalue weighted by atomic mass is 19.2. The number of nitrogens with one attached hydrogen (secondary N) is 1. The minimum atomic E-state index is -1.07. The van der Waals surface area contributed by atoms with Gasteiger partial charge < -0.3 is 9.55 Å². The van der Waals surface area contributed by atoms with Crippen LogP contribution in [-0.4, -0.2) is 24.1 Å². The van der Waals surface area contributed by atoms with Gasteiger partial charge in [-0.3, -0.25) is 9.36 Å². The van der Waals surface area contributed by atoms with E-state index in [9.17, 15) is 13.6 Å². The third-order valence-electron chi connectivity index (χ3n) is 4.69. The van der Waals surface area contributed by atoms with Gasteiger partial charge in [0.05, 0.1) is 23.1 Å². The first-order valence-electron chi connectivity index (χ1n) is 8.55. The molecule has 3 heterocycles. The Morgan fingerprint density at radius 2 is 1.96 bits per heavy atom. The number of nitrogens with zero attached hydrogens (tertiary/aromatic N) is 4. The molecule has 0 unspecified atom stereocenters. The molecule has 0 atom stereocenters. The lowest BCUT2D eigenvalue weighted by atomic mass is 10.1. The van der Waals surface area contributed by atoms with E-state index in [1.54, 1.807) is 23.3 Å². The summed E-state index contributed by atoms with van der Waals surface area (Å²) in [5.41, 5.74) is 1.54. The lowest BCUT2D eigenvalue weighted by Crippen LogP contribution is -2.12. The topological polar surface area (TPSA) is 68.5 Å². The molecule has 5 rings (SSSR count). The number of rotatable bonds is 3. The van der Waals surface area contributed by atoms with Crippen LogP contribution in [0.2, 0.25) is 0 Å². The predicted molar refractivity (Wildman–Crippen MR) is 100 cm³/mol. The van der Waals surface area contributed by atoms with E-state index >= 15 is 0 Å². The normalized spacial score (nSPS) is 11.5. The Morgan fingerprint density at radius 1 is 1.11 bits per heavy atom. The fourth-order valence-corrected chi connectivity index (χ4v) is 3.43. The SMILES string of the molecule is O=c1cc(Cn2c(-n3ccnc3)nc3ccccc32)c2ccc(F)c(F)c2[nH]1. The molecule has 0 fully saturated rings. The lowest BCUT2D eigenvalue weighted by Gasteiger charge is -2.12. The lowest BCUT2D eigenvalue weighted by molar-refractivity contribution is 0.515. The summed E-state index contributed by atoms with van der Waals surface area (Å²) in [5, 5.41) is 0.438.